The Balaban J connectivity index is 0.00000128. The van der Waals surface area contributed by atoms with Crippen LogP contribution in [0.25, 0.3) is 0 Å². The van der Waals surface area contributed by atoms with Gasteiger partial charge in [0.05, 0.1) is 5.02 Å². The summed E-state index contributed by atoms with van der Waals surface area (Å²) in [6.07, 6.45) is 3.37. The van der Waals surface area contributed by atoms with E-state index in [9.17, 15) is 5.11 Å². The van der Waals surface area contributed by atoms with Crippen LogP contribution in [0.15, 0.2) is 12.1 Å². The van der Waals surface area contributed by atoms with Gasteiger partial charge in [-0.3, -0.25) is 0 Å². The number of hydrogen-bond donors (Lipinski definition) is 2. The molecule has 1 aliphatic rings. The number of aromatic hydroxyl groups is 1. The zero-order valence-corrected chi connectivity index (χ0v) is 10.9. The van der Waals surface area contributed by atoms with Crippen molar-refractivity contribution in [2.24, 2.45) is 11.7 Å². The minimum absolute atomic E-state index is 0. The minimum atomic E-state index is -0.173. The Hall–Kier alpha value is -0.150. The highest BCUT2D eigenvalue weighted by Gasteiger charge is 2.26. The van der Waals surface area contributed by atoms with Crippen LogP contribution in [0, 0.1) is 5.92 Å². The van der Waals surface area contributed by atoms with Crippen LogP contribution in [0.5, 0.6) is 5.75 Å². The highest BCUT2D eigenvalue weighted by Crippen LogP contribution is 2.41. The largest absolute Gasteiger partial charge is 0.506 e. The van der Waals surface area contributed by atoms with E-state index in [0.717, 1.165) is 6.42 Å². The third-order valence-corrected chi connectivity index (χ3v) is 3.25. The van der Waals surface area contributed by atoms with E-state index in [1.54, 1.807) is 6.07 Å². The standard InChI is InChI=1S/C11H13Cl2NO.ClH/c12-7-4-8(11(15)9(13)5-7)10(14)3-6-1-2-6;/h4-6,10,15H,1-3,14H2;1H/t10-;/m1./s1. The number of phenols is 1. The van der Waals surface area contributed by atoms with Crippen molar-refractivity contribution in [1.29, 1.82) is 0 Å². The molecule has 0 amide bonds. The monoisotopic (exact) mass is 281 g/mol. The van der Waals surface area contributed by atoms with Gasteiger partial charge in [-0.05, 0) is 24.5 Å². The number of halogens is 3. The zero-order chi connectivity index (χ0) is 11.0. The van der Waals surface area contributed by atoms with Crippen LogP contribution in [-0.4, -0.2) is 5.11 Å². The van der Waals surface area contributed by atoms with E-state index in [0.29, 0.717) is 16.5 Å². The van der Waals surface area contributed by atoms with E-state index in [1.807, 2.05) is 0 Å². The molecule has 0 aliphatic heterocycles. The van der Waals surface area contributed by atoms with Gasteiger partial charge in [-0.25, -0.2) is 0 Å². The van der Waals surface area contributed by atoms with Gasteiger partial charge in [-0.1, -0.05) is 36.0 Å². The van der Waals surface area contributed by atoms with Gasteiger partial charge in [0.25, 0.3) is 0 Å². The molecule has 0 spiro atoms. The second-order valence-corrected chi connectivity index (χ2v) is 4.95. The quantitative estimate of drug-likeness (QED) is 0.882. The van der Waals surface area contributed by atoms with Crippen molar-refractivity contribution in [3.8, 4) is 5.75 Å². The number of nitrogens with two attached hydrogens (primary N) is 1. The van der Waals surface area contributed by atoms with Crippen molar-refractivity contribution in [2.75, 3.05) is 0 Å². The molecule has 1 fully saturated rings. The summed E-state index contributed by atoms with van der Waals surface area (Å²) in [5.41, 5.74) is 6.65. The Morgan fingerprint density at radius 1 is 1.38 bits per heavy atom. The first-order valence-corrected chi connectivity index (χ1v) is 5.77. The van der Waals surface area contributed by atoms with Gasteiger partial charge >= 0.3 is 0 Å². The average Bonchev–Trinajstić information content (AvgIpc) is 2.94. The van der Waals surface area contributed by atoms with Gasteiger partial charge in [-0.15, -0.1) is 12.4 Å². The molecule has 90 valence electrons. The number of hydrogen-bond acceptors (Lipinski definition) is 2. The molecule has 5 heteroatoms. The van der Waals surface area contributed by atoms with E-state index in [2.05, 4.69) is 0 Å². The molecule has 0 heterocycles. The number of rotatable bonds is 3. The first kappa shape index (κ1) is 13.9. The predicted molar refractivity (Wildman–Crippen MR) is 69.6 cm³/mol. The SMILES string of the molecule is Cl.N[C@H](CC1CC1)c1cc(Cl)cc(Cl)c1O. The van der Waals surface area contributed by atoms with Crippen LogP contribution in [0.2, 0.25) is 10.0 Å². The Labute approximate surface area is 111 Å². The van der Waals surface area contributed by atoms with E-state index in [4.69, 9.17) is 28.9 Å². The predicted octanol–water partition coefficient (Wildman–Crippen LogP) is 3.92. The first-order chi connectivity index (χ1) is 7.08. The van der Waals surface area contributed by atoms with Crippen LogP contribution < -0.4 is 5.73 Å². The fourth-order valence-corrected chi connectivity index (χ4v) is 2.22. The lowest BCUT2D eigenvalue weighted by Gasteiger charge is -2.14. The molecule has 2 nitrogen and oxygen atoms in total. The van der Waals surface area contributed by atoms with Crippen molar-refractivity contribution < 1.29 is 5.11 Å². The fourth-order valence-electron chi connectivity index (χ4n) is 1.71. The molecular formula is C11H14Cl3NO. The molecule has 0 aromatic heterocycles. The summed E-state index contributed by atoms with van der Waals surface area (Å²) in [6, 6.07) is 3.04. The zero-order valence-electron chi connectivity index (χ0n) is 8.62. The lowest BCUT2D eigenvalue weighted by Crippen LogP contribution is -2.11. The van der Waals surface area contributed by atoms with Crippen molar-refractivity contribution >= 4 is 35.6 Å². The van der Waals surface area contributed by atoms with Crippen LogP contribution in [0.4, 0.5) is 0 Å². The summed E-state index contributed by atoms with van der Waals surface area (Å²) in [4.78, 5) is 0. The molecule has 1 atom stereocenters. The molecular weight excluding hydrogens is 268 g/mol. The van der Waals surface area contributed by atoms with Crippen molar-refractivity contribution in [1.82, 2.24) is 0 Å². The Morgan fingerprint density at radius 2 is 2.00 bits per heavy atom. The molecule has 0 unspecified atom stereocenters. The lowest BCUT2D eigenvalue weighted by atomic mass is 10.0. The van der Waals surface area contributed by atoms with Gasteiger partial charge in [0.2, 0.25) is 0 Å². The Kier molecular flexibility index (Phi) is 4.74. The maximum Gasteiger partial charge on any atom is 0.139 e. The molecule has 2 rings (SSSR count). The highest BCUT2D eigenvalue weighted by molar-refractivity contribution is 6.35. The molecule has 0 saturated heterocycles. The maximum atomic E-state index is 9.76. The van der Waals surface area contributed by atoms with Crippen molar-refractivity contribution in [3.05, 3.63) is 27.7 Å². The minimum Gasteiger partial charge on any atom is -0.506 e. The van der Waals surface area contributed by atoms with Crippen LogP contribution in [0.1, 0.15) is 30.9 Å². The number of benzene rings is 1. The summed E-state index contributed by atoms with van der Waals surface area (Å²) in [5, 5.41) is 10.5. The molecule has 1 aromatic rings. The lowest BCUT2D eigenvalue weighted by molar-refractivity contribution is 0.456. The van der Waals surface area contributed by atoms with E-state index >= 15 is 0 Å². The summed E-state index contributed by atoms with van der Waals surface area (Å²) in [6.45, 7) is 0. The highest BCUT2D eigenvalue weighted by atomic mass is 35.5. The maximum absolute atomic E-state index is 9.76. The van der Waals surface area contributed by atoms with Crippen LogP contribution in [-0.2, 0) is 0 Å². The fraction of sp³-hybridized carbons (Fsp3) is 0.455. The second kappa shape index (κ2) is 5.46. The normalized spacial score (nSPS) is 16.7. The average molecular weight is 283 g/mol. The van der Waals surface area contributed by atoms with Gasteiger partial charge in [-0.2, -0.15) is 0 Å². The van der Waals surface area contributed by atoms with Gasteiger partial charge in [0, 0.05) is 16.6 Å². The molecule has 16 heavy (non-hydrogen) atoms. The summed E-state index contributed by atoms with van der Waals surface area (Å²) < 4.78 is 0. The summed E-state index contributed by atoms with van der Waals surface area (Å²) >= 11 is 11.7. The summed E-state index contributed by atoms with van der Waals surface area (Å²) in [7, 11) is 0. The summed E-state index contributed by atoms with van der Waals surface area (Å²) in [5.74, 6) is 0.770. The van der Waals surface area contributed by atoms with Crippen molar-refractivity contribution in [3.63, 3.8) is 0 Å². The molecule has 0 bridgehead atoms. The van der Waals surface area contributed by atoms with E-state index in [-0.39, 0.29) is 29.2 Å². The molecule has 1 saturated carbocycles. The second-order valence-electron chi connectivity index (χ2n) is 4.11. The molecule has 0 radical (unpaired) electrons. The first-order valence-electron chi connectivity index (χ1n) is 5.01. The van der Waals surface area contributed by atoms with Crippen LogP contribution >= 0.6 is 35.6 Å². The Morgan fingerprint density at radius 3 is 2.56 bits per heavy atom. The van der Waals surface area contributed by atoms with Crippen LogP contribution in [0.3, 0.4) is 0 Å². The Bertz CT molecular complexity index is 380. The van der Waals surface area contributed by atoms with E-state index in [1.165, 1.54) is 18.9 Å². The van der Waals surface area contributed by atoms with Gasteiger partial charge < -0.3 is 10.8 Å². The number of phenolic OH excluding ortho intramolecular Hbond substituents is 1. The molecule has 1 aromatic carbocycles. The smallest absolute Gasteiger partial charge is 0.139 e. The third-order valence-electron chi connectivity index (χ3n) is 2.74. The van der Waals surface area contributed by atoms with E-state index < -0.39 is 0 Å². The topological polar surface area (TPSA) is 46.2 Å². The third kappa shape index (κ3) is 3.17. The van der Waals surface area contributed by atoms with Gasteiger partial charge in [0.15, 0.2) is 0 Å². The van der Waals surface area contributed by atoms with Gasteiger partial charge in [0.1, 0.15) is 5.75 Å². The molecule has 1 aliphatic carbocycles. The van der Waals surface area contributed by atoms with Crippen molar-refractivity contribution in [2.45, 2.75) is 25.3 Å². The molecule has 3 N–H and O–H groups in total.